The van der Waals surface area contributed by atoms with Gasteiger partial charge in [0, 0.05) is 13.0 Å². The maximum atomic E-state index is 11.5. The van der Waals surface area contributed by atoms with Crippen molar-refractivity contribution in [1.29, 1.82) is 0 Å². The van der Waals surface area contributed by atoms with Crippen molar-refractivity contribution in [2.24, 2.45) is 11.8 Å². The highest BCUT2D eigenvalue weighted by Gasteiger charge is 2.22. The molecule has 0 heterocycles. The van der Waals surface area contributed by atoms with E-state index in [1.807, 2.05) is 0 Å². The zero-order valence-corrected chi connectivity index (χ0v) is 10.5. The van der Waals surface area contributed by atoms with Crippen LogP contribution in [-0.4, -0.2) is 23.7 Å². The molecule has 2 N–H and O–H groups in total. The van der Waals surface area contributed by atoms with Gasteiger partial charge in [-0.1, -0.05) is 39.5 Å². The van der Waals surface area contributed by atoms with E-state index < -0.39 is 0 Å². The molecule has 3 nitrogen and oxygen atoms in total. The number of aliphatic hydroxyl groups is 1. The highest BCUT2D eigenvalue weighted by molar-refractivity contribution is 5.75. The fourth-order valence-corrected chi connectivity index (χ4v) is 2.05. The van der Waals surface area contributed by atoms with Crippen LogP contribution in [0.3, 0.4) is 0 Å². The first-order valence-corrected chi connectivity index (χ1v) is 6.62. The maximum absolute atomic E-state index is 11.5. The molecule has 0 saturated heterocycles. The smallest absolute Gasteiger partial charge is 0.220 e. The van der Waals surface area contributed by atoms with Gasteiger partial charge in [0.15, 0.2) is 0 Å². The predicted molar refractivity (Wildman–Crippen MR) is 65.0 cm³/mol. The molecule has 0 spiro atoms. The molecule has 1 unspecified atom stereocenters. The Bertz CT molecular complexity index is 210. The van der Waals surface area contributed by atoms with Crippen molar-refractivity contribution in [2.45, 2.75) is 58.5 Å². The van der Waals surface area contributed by atoms with Crippen LogP contribution in [0.15, 0.2) is 0 Å². The lowest BCUT2D eigenvalue weighted by atomic mass is 9.96. The molecule has 0 aromatic heterocycles. The predicted octanol–water partition coefficient (Wildman–Crippen LogP) is 2.09. The van der Waals surface area contributed by atoms with Gasteiger partial charge in [-0.2, -0.15) is 0 Å². The van der Waals surface area contributed by atoms with Crippen LogP contribution >= 0.6 is 0 Å². The summed E-state index contributed by atoms with van der Waals surface area (Å²) in [6.07, 6.45) is 5.78. The van der Waals surface area contributed by atoms with Gasteiger partial charge in [0.2, 0.25) is 5.91 Å². The molecule has 0 bridgehead atoms. The Labute approximate surface area is 98.6 Å². The van der Waals surface area contributed by atoms with E-state index in [-0.39, 0.29) is 12.0 Å². The maximum Gasteiger partial charge on any atom is 0.220 e. The second kappa shape index (κ2) is 6.89. The average Bonchev–Trinajstić information content (AvgIpc) is 3.09. The summed E-state index contributed by atoms with van der Waals surface area (Å²) in [5, 5.41) is 12.7. The van der Waals surface area contributed by atoms with E-state index in [0.29, 0.717) is 18.9 Å². The summed E-state index contributed by atoms with van der Waals surface area (Å²) in [6.45, 7) is 4.56. The SMILES string of the molecule is CCC(CC)C(O)CNC(=O)CCC1CC1. The Morgan fingerprint density at radius 3 is 2.50 bits per heavy atom. The molecule has 1 aliphatic carbocycles. The van der Waals surface area contributed by atoms with E-state index in [1.54, 1.807) is 0 Å². The molecule has 0 radical (unpaired) electrons. The standard InChI is InChI=1S/C13H25NO2/c1-3-11(4-2)12(15)9-14-13(16)8-7-10-5-6-10/h10-12,15H,3-9H2,1-2H3,(H,14,16). The number of hydrogen-bond donors (Lipinski definition) is 2. The molecule has 0 aromatic rings. The summed E-state index contributed by atoms with van der Waals surface area (Å²) in [7, 11) is 0. The van der Waals surface area contributed by atoms with Gasteiger partial charge in [0.1, 0.15) is 0 Å². The van der Waals surface area contributed by atoms with Gasteiger partial charge in [-0.25, -0.2) is 0 Å². The van der Waals surface area contributed by atoms with Gasteiger partial charge in [-0.05, 0) is 18.3 Å². The molecule has 1 atom stereocenters. The van der Waals surface area contributed by atoms with Gasteiger partial charge in [0.25, 0.3) is 0 Å². The Hall–Kier alpha value is -0.570. The third kappa shape index (κ3) is 4.97. The lowest BCUT2D eigenvalue weighted by Gasteiger charge is -2.20. The van der Waals surface area contributed by atoms with Crippen LogP contribution in [0.4, 0.5) is 0 Å². The number of hydrogen-bond acceptors (Lipinski definition) is 2. The minimum absolute atomic E-state index is 0.0944. The number of carbonyl (C=O) groups is 1. The molecule has 1 fully saturated rings. The van der Waals surface area contributed by atoms with Gasteiger partial charge in [0.05, 0.1) is 6.10 Å². The summed E-state index contributed by atoms with van der Waals surface area (Å²) in [4.78, 5) is 11.5. The molecule has 0 aromatic carbocycles. The highest BCUT2D eigenvalue weighted by atomic mass is 16.3. The highest BCUT2D eigenvalue weighted by Crippen LogP contribution is 2.33. The summed E-state index contributed by atoms with van der Waals surface area (Å²) in [5.74, 6) is 1.20. The van der Waals surface area contributed by atoms with Crippen LogP contribution in [0.5, 0.6) is 0 Å². The van der Waals surface area contributed by atoms with E-state index in [0.717, 1.165) is 25.2 Å². The second-order valence-electron chi connectivity index (χ2n) is 4.93. The van der Waals surface area contributed by atoms with Crippen molar-refractivity contribution in [3.8, 4) is 0 Å². The van der Waals surface area contributed by atoms with Crippen LogP contribution in [0.25, 0.3) is 0 Å². The van der Waals surface area contributed by atoms with Crippen LogP contribution < -0.4 is 5.32 Å². The number of amides is 1. The van der Waals surface area contributed by atoms with Crippen molar-refractivity contribution in [1.82, 2.24) is 5.32 Å². The molecule has 16 heavy (non-hydrogen) atoms. The summed E-state index contributed by atoms with van der Waals surface area (Å²) >= 11 is 0. The molecular formula is C13H25NO2. The summed E-state index contributed by atoms with van der Waals surface area (Å²) < 4.78 is 0. The first-order valence-electron chi connectivity index (χ1n) is 6.62. The lowest BCUT2D eigenvalue weighted by molar-refractivity contribution is -0.121. The Morgan fingerprint density at radius 2 is 2.00 bits per heavy atom. The van der Waals surface area contributed by atoms with Gasteiger partial charge >= 0.3 is 0 Å². The van der Waals surface area contributed by atoms with Crippen molar-refractivity contribution in [3.05, 3.63) is 0 Å². The fourth-order valence-electron chi connectivity index (χ4n) is 2.05. The van der Waals surface area contributed by atoms with E-state index in [4.69, 9.17) is 0 Å². The minimum Gasteiger partial charge on any atom is -0.391 e. The van der Waals surface area contributed by atoms with Crippen molar-refractivity contribution < 1.29 is 9.90 Å². The number of aliphatic hydroxyl groups excluding tert-OH is 1. The van der Waals surface area contributed by atoms with E-state index in [9.17, 15) is 9.90 Å². The molecule has 1 amide bonds. The molecule has 1 saturated carbocycles. The monoisotopic (exact) mass is 227 g/mol. The van der Waals surface area contributed by atoms with Crippen LogP contribution in [0, 0.1) is 11.8 Å². The third-order valence-electron chi connectivity index (χ3n) is 3.58. The molecule has 94 valence electrons. The van der Waals surface area contributed by atoms with E-state index >= 15 is 0 Å². The largest absolute Gasteiger partial charge is 0.391 e. The topological polar surface area (TPSA) is 49.3 Å². The van der Waals surface area contributed by atoms with Crippen LogP contribution in [-0.2, 0) is 4.79 Å². The Morgan fingerprint density at radius 1 is 1.38 bits per heavy atom. The van der Waals surface area contributed by atoms with E-state index in [1.165, 1.54) is 12.8 Å². The number of carbonyl (C=O) groups excluding carboxylic acids is 1. The third-order valence-corrected chi connectivity index (χ3v) is 3.58. The zero-order valence-electron chi connectivity index (χ0n) is 10.5. The first-order chi connectivity index (χ1) is 7.67. The quantitative estimate of drug-likeness (QED) is 0.667. The summed E-state index contributed by atoms with van der Waals surface area (Å²) in [6, 6.07) is 0. The van der Waals surface area contributed by atoms with E-state index in [2.05, 4.69) is 19.2 Å². The van der Waals surface area contributed by atoms with Crippen LogP contribution in [0.2, 0.25) is 0 Å². The number of rotatable bonds is 8. The van der Waals surface area contributed by atoms with Crippen molar-refractivity contribution in [3.63, 3.8) is 0 Å². The van der Waals surface area contributed by atoms with Gasteiger partial charge < -0.3 is 10.4 Å². The lowest BCUT2D eigenvalue weighted by Crippen LogP contribution is -2.36. The minimum atomic E-state index is -0.389. The molecule has 0 aliphatic heterocycles. The van der Waals surface area contributed by atoms with Crippen molar-refractivity contribution in [2.75, 3.05) is 6.54 Å². The zero-order chi connectivity index (χ0) is 12.0. The normalized spacial score (nSPS) is 17.5. The molecule has 1 rings (SSSR count). The van der Waals surface area contributed by atoms with Crippen molar-refractivity contribution >= 4 is 5.91 Å². The van der Waals surface area contributed by atoms with Gasteiger partial charge in [-0.3, -0.25) is 4.79 Å². The molecule has 3 heteroatoms. The Balaban J connectivity index is 2.08. The first kappa shape index (κ1) is 13.5. The molecule has 1 aliphatic rings. The number of nitrogens with one attached hydrogen (secondary N) is 1. The Kier molecular flexibility index (Phi) is 5.81. The second-order valence-corrected chi connectivity index (χ2v) is 4.93. The average molecular weight is 227 g/mol. The van der Waals surface area contributed by atoms with Crippen LogP contribution in [0.1, 0.15) is 52.4 Å². The van der Waals surface area contributed by atoms with Gasteiger partial charge in [-0.15, -0.1) is 0 Å². The fraction of sp³-hybridized carbons (Fsp3) is 0.923. The molecular weight excluding hydrogens is 202 g/mol. The summed E-state index contributed by atoms with van der Waals surface area (Å²) in [5.41, 5.74) is 0.